The molecule has 1 unspecified atom stereocenters. The number of nitrogens with zero attached hydrogens (tertiary/aromatic N) is 3. The van der Waals surface area contributed by atoms with Gasteiger partial charge in [0.05, 0.1) is 25.2 Å². The molecule has 0 saturated carbocycles. The Morgan fingerprint density at radius 2 is 2.13 bits per heavy atom. The van der Waals surface area contributed by atoms with Gasteiger partial charge in [0, 0.05) is 25.3 Å². The van der Waals surface area contributed by atoms with E-state index < -0.39 is 12.0 Å². The predicted octanol–water partition coefficient (Wildman–Crippen LogP) is 0.00560. The van der Waals surface area contributed by atoms with Gasteiger partial charge < -0.3 is 20.5 Å². The summed E-state index contributed by atoms with van der Waals surface area (Å²) in [5, 5.41) is 9.01. The van der Waals surface area contributed by atoms with Crippen LogP contribution >= 0.6 is 0 Å². The molecule has 1 saturated heterocycles. The predicted molar refractivity (Wildman–Crippen MR) is 83.7 cm³/mol. The molecule has 8 heteroatoms. The summed E-state index contributed by atoms with van der Waals surface area (Å²) in [6.07, 6.45) is 1.28. The zero-order valence-electron chi connectivity index (χ0n) is 12.5. The monoisotopic (exact) mass is 318 g/mol. The van der Waals surface area contributed by atoms with Crippen LogP contribution < -0.4 is 16.2 Å². The maximum atomic E-state index is 12.8. The number of anilines is 1. The normalized spacial score (nSPS) is 16.5. The average Bonchev–Trinajstić information content (AvgIpc) is 2.55. The molecule has 0 aliphatic carbocycles. The number of hydrogen-bond donors (Lipinski definition) is 2. The lowest BCUT2D eigenvalue weighted by Gasteiger charge is -2.30. The first-order chi connectivity index (χ1) is 11.1. The highest BCUT2D eigenvalue weighted by Gasteiger charge is 2.25. The molecule has 1 aliphatic heterocycles. The Labute approximate surface area is 132 Å². The van der Waals surface area contributed by atoms with Crippen LogP contribution in [-0.4, -0.2) is 46.8 Å². The van der Waals surface area contributed by atoms with Crippen molar-refractivity contribution in [2.75, 3.05) is 31.2 Å². The molecule has 3 N–H and O–H groups in total. The fourth-order valence-corrected chi connectivity index (χ4v) is 2.72. The zero-order chi connectivity index (χ0) is 16.4. The standard InChI is InChI=1S/C15H18N4O4/c16-10(9-12(20)21)13-14(18-5-7-23-8-6-18)17-11-3-1-2-4-19(11)15(13)22/h1-4,10H,5-9,16H2,(H,20,21). The van der Waals surface area contributed by atoms with Gasteiger partial charge in [0.15, 0.2) is 0 Å². The minimum atomic E-state index is -1.05. The summed E-state index contributed by atoms with van der Waals surface area (Å²) < 4.78 is 6.72. The van der Waals surface area contributed by atoms with Crippen LogP contribution in [0.1, 0.15) is 18.0 Å². The summed E-state index contributed by atoms with van der Waals surface area (Å²) in [7, 11) is 0. The first-order valence-corrected chi connectivity index (χ1v) is 7.39. The number of nitrogens with two attached hydrogens (primary N) is 1. The van der Waals surface area contributed by atoms with Crippen LogP contribution in [0.25, 0.3) is 5.65 Å². The Morgan fingerprint density at radius 1 is 1.39 bits per heavy atom. The van der Waals surface area contributed by atoms with E-state index in [4.69, 9.17) is 15.6 Å². The lowest BCUT2D eigenvalue weighted by atomic mass is 10.1. The maximum Gasteiger partial charge on any atom is 0.305 e. The maximum absolute atomic E-state index is 12.8. The van der Waals surface area contributed by atoms with Crippen molar-refractivity contribution < 1.29 is 14.6 Å². The van der Waals surface area contributed by atoms with E-state index in [2.05, 4.69) is 4.98 Å². The van der Waals surface area contributed by atoms with E-state index in [9.17, 15) is 9.59 Å². The van der Waals surface area contributed by atoms with Crippen molar-refractivity contribution in [1.82, 2.24) is 9.38 Å². The smallest absolute Gasteiger partial charge is 0.305 e. The molecule has 0 amide bonds. The number of carbonyl (C=O) groups is 1. The van der Waals surface area contributed by atoms with Crippen LogP contribution in [0.5, 0.6) is 0 Å². The van der Waals surface area contributed by atoms with Gasteiger partial charge in [0.25, 0.3) is 5.56 Å². The fraction of sp³-hybridized carbons (Fsp3) is 0.400. The van der Waals surface area contributed by atoms with Crippen molar-refractivity contribution in [3.8, 4) is 0 Å². The lowest BCUT2D eigenvalue weighted by Crippen LogP contribution is -2.40. The molecule has 0 spiro atoms. The van der Waals surface area contributed by atoms with Gasteiger partial charge in [-0.15, -0.1) is 0 Å². The molecule has 8 nitrogen and oxygen atoms in total. The second-order valence-electron chi connectivity index (χ2n) is 5.39. The number of carboxylic acid groups (broad SMARTS) is 1. The van der Waals surface area contributed by atoms with E-state index in [1.807, 2.05) is 4.90 Å². The van der Waals surface area contributed by atoms with Gasteiger partial charge in [-0.25, -0.2) is 4.98 Å². The Hall–Kier alpha value is -2.45. The number of aromatic nitrogens is 2. The van der Waals surface area contributed by atoms with Crippen LogP contribution in [0.3, 0.4) is 0 Å². The van der Waals surface area contributed by atoms with Crippen LogP contribution in [0.2, 0.25) is 0 Å². The van der Waals surface area contributed by atoms with E-state index >= 15 is 0 Å². The third-order valence-electron chi connectivity index (χ3n) is 3.82. The fourth-order valence-electron chi connectivity index (χ4n) is 2.72. The van der Waals surface area contributed by atoms with Crippen molar-refractivity contribution in [2.45, 2.75) is 12.5 Å². The molecule has 0 radical (unpaired) electrons. The molecule has 3 heterocycles. The van der Waals surface area contributed by atoms with Crippen molar-refractivity contribution in [2.24, 2.45) is 5.73 Å². The molecule has 1 atom stereocenters. The molecular formula is C15H18N4O4. The number of morpholine rings is 1. The van der Waals surface area contributed by atoms with Crippen LogP contribution in [0.4, 0.5) is 5.82 Å². The van der Waals surface area contributed by atoms with Crippen LogP contribution in [-0.2, 0) is 9.53 Å². The summed E-state index contributed by atoms with van der Waals surface area (Å²) >= 11 is 0. The highest BCUT2D eigenvalue weighted by Crippen LogP contribution is 2.23. The molecule has 1 fully saturated rings. The second kappa shape index (κ2) is 6.35. The summed E-state index contributed by atoms with van der Waals surface area (Å²) in [4.78, 5) is 30.3. The summed E-state index contributed by atoms with van der Waals surface area (Å²) in [6, 6.07) is 4.33. The van der Waals surface area contributed by atoms with Crippen molar-refractivity contribution >= 4 is 17.4 Å². The number of aliphatic carboxylic acids is 1. The Kier molecular flexibility index (Phi) is 4.26. The third kappa shape index (κ3) is 3.03. The van der Waals surface area contributed by atoms with E-state index in [0.717, 1.165) is 0 Å². The van der Waals surface area contributed by atoms with Gasteiger partial charge in [0.1, 0.15) is 11.5 Å². The zero-order valence-corrected chi connectivity index (χ0v) is 12.5. The van der Waals surface area contributed by atoms with Crippen molar-refractivity contribution in [3.05, 3.63) is 40.3 Å². The number of rotatable bonds is 4. The topological polar surface area (TPSA) is 110 Å². The Morgan fingerprint density at radius 3 is 2.83 bits per heavy atom. The summed E-state index contributed by atoms with van der Waals surface area (Å²) in [5.74, 6) is -0.596. The molecule has 0 aromatic carbocycles. The van der Waals surface area contributed by atoms with Crippen molar-refractivity contribution in [3.63, 3.8) is 0 Å². The lowest BCUT2D eigenvalue weighted by molar-refractivity contribution is -0.137. The number of ether oxygens (including phenoxy) is 1. The minimum absolute atomic E-state index is 0.234. The largest absolute Gasteiger partial charge is 0.481 e. The first kappa shape index (κ1) is 15.4. The molecule has 2 aromatic heterocycles. The van der Waals surface area contributed by atoms with Gasteiger partial charge in [-0.05, 0) is 12.1 Å². The van der Waals surface area contributed by atoms with E-state index in [1.165, 1.54) is 4.40 Å². The highest BCUT2D eigenvalue weighted by atomic mass is 16.5. The third-order valence-corrected chi connectivity index (χ3v) is 3.82. The van der Waals surface area contributed by atoms with E-state index in [0.29, 0.717) is 37.8 Å². The summed E-state index contributed by atoms with van der Waals surface area (Å²) in [5.41, 5.74) is 6.41. The second-order valence-corrected chi connectivity index (χ2v) is 5.39. The van der Waals surface area contributed by atoms with Crippen LogP contribution in [0.15, 0.2) is 29.2 Å². The van der Waals surface area contributed by atoms with Crippen LogP contribution in [0, 0.1) is 0 Å². The SMILES string of the molecule is NC(CC(=O)O)c1c(N2CCOCC2)nc2ccccn2c1=O. The first-order valence-electron chi connectivity index (χ1n) is 7.39. The van der Waals surface area contributed by atoms with Crippen molar-refractivity contribution in [1.29, 1.82) is 0 Å². The Balaban J connectivity index is 2.18. The number of carboxylic acids is 1. The Bertz CT molecular complexity index is 783. The number of pyridine rings is 1. The molecule has 1 aliphatic rings. The minimum Gasteiger partial charge on any atom is -0.481 e. The average molecular weight is 318 g/mol. The molecule has 122 valence electrons. The van der Waals surface area contributed by atoms with Gasteiger partial charge in [-0.3, -0.25) is 14.0 Å². The van der Waals surface area contributed by atoms with E-state index in [1.54, 1.807) is 24.4 Å². The van der Waals surface area contributed by atoms with Gasteiger partial charge in [-0.2, -0.15) is 0 Å². The molecule has 23 heavy (non-hydrogen) atoms. The van der Waals surface area contributed by atoms with Gasteiger partial charge >= 0.3 is 5.97 Å². The van der Waals surface area contributed by atoms with Gasteiger partial charge in [0.2, 0.25) is 0 Å². The van der Waals surface area contributed by atoms with E-state index in [-0.39, 0.29) is 17.5 Å². The quantitative estimate of drug-likeness (QED) is 0.816. The summed E-state index contributed by atoms with van der Waals surface area (Å²) in [6.45, 7) is 2.23. The molecule has 2 aromatic rings. The van der Waals surface area contributed by atoms with Gasteiger partial charge in [-0.1, -0.05) is 6.07 Å². The number of fused-ring (bicyclic) bond motifs is 1. The molecule has 0 bridgehead atoms. The molecule has 3 rings (SSSR count). The molecular weight excluding hydrogens is 300 g/mol. The highest BCUT2D eigenvalue weighted by molar-refractivity contribution is 5.69. The number of hydrogen-bond acceptors (Lipinski definition) is 6.